The second-order valence-corrected chi connectivity index (χ2v) is 7.76. The Hall–Kier alpha value is -1.30. The van der Waals surface area contributed by atoms with Crippen molar-refractivity contribution in [3.05, 3.63) is 54.2 Å². The van der Waals surface area contributed by atoms with Crippen molar-refractivity contribution in [1.29, 1.82) is 0 Å². The average molecular weight is 316 g/mol. The third kappa shape index (κ3) is 3.07. The van der Waals surface area contributed by atoms with Gasteiger partial charge in [-0.15, -0.1) is 11.8 Å². The molecule has 2 saturated heterocycles. The fourth-order valence-electron chi connectivity index (χ4n) is 3.35. The quantitative estimate of drug-likeness (QED) is 0.848. The fourth-order valence-corrected chi connectivity index (χ4v) is 4.95. The predicted octanol–water partition coefficient (Wildman–Crippen LogP) is 2.95. The molecule has 4 heterocycles. The standard InChI is InChI=1S/C17H20N2O2S/c1-2-14(7-18-4-1)10-21-16-6-17(22-11-16)12-19(13-17)8-15-3-5-20-9-15/h1-5,7,9,16H,6,8,10-13H2. The molecule has 22 heavy (non-hydrogen) atoms. The molecule has 2 aliphatic heterocycles. The highest BCUT2D eigenvalue weighted by atomic mass is 32.2. The topological polar surface area (TPSA) is 38.5 Å². The molecule has 4 rings (SSSR count). The Balaban J connectivity index is 1.23. The van der Waals surface area contributed by atoms with E-state index in [1.54, 1.807) is 12.5 Å². The van der Waals surface area contributed by atoms with E-state index in [0.717, 1.165) is 31.0 Å². The lowest BCUT2D eigenvalue weighted by Gasteiger charge is -2.47. The molecule has 0 radical (unpaired) electrons. The van der Waals surface area contributed by atoms with E-state index >= 15 is 0 Å². The highest BCUT2D eigenvalue weighted by Crippen LogP contribution is 2.46. The first-order valence-corrected chi connectivity index (χ1v) is 8.68. The summed E-state index contributed by atoms with van der Waals surface area (Å²) in [4.78, 5) is 6.62. The van der Waals surface area contributed by atoms with Crippen molar-refractivity contribution in [3.8, 4) is 0 Å². The molecule has 0 aromatic carbocycles. The number of hydrogen-bond acceptors (Lipinski definition) is 5. The third-order valence-electron chi connectivity index (χ3n) is 4.39. The number of hydrogen-bond donors (Lipinski definition) is 0. The van der Waals surface area contributed by atoms with Gasteiger partial charge in [0.1, 0.15) is 0 Å². The molecule has 2 aromatic rings. The number of nitrogens with zero attached hydrogens (tertiary/aromatic N) is 2. The van der Waals surface area contributed by atoms with Crippen molar-refractivity contribution in [2.45, 2.75) is 30.4 Å². The predicted molar refractivity (Wildman–Crippen MR) is 86.6 cm³/mol. The summed E-state index contributed by atoms with van der Waals surface area (Å²) < 4.78 is 11.6. The highest BCUT2D eigenvalue weighted by molar-refractivity contribution is 8.01. The van der Waals surface area contributed by atoms with Crippen LogP contribution in [0.2, 0.25) is 0 Å². The minimum atomic E-state index is 0.376. The van der Waals surface area contributed by atoms with Crippen molar-refractivity contribution in [2.24, 2.45) is 0 Å². The molecule has 0 bridgehead atoms. The van der Waals surface area contributed by atoms with Crippen molar-refractivity contribution in [1.82, 2.24) is 9.88 Å². The summed E-state index contributed by atoms with van der Waals surface area (Å²) in [7, 11) is 0. The monoisotopic (exact) mass is 316 g/mol. The number of likely N-dealkylation sites (tertiary alicyclic amines) is 1. The van der Waals surface area contributed by atoms with Gasteiger partial charge < -0.3 is 9.15 Å². The van der Waals surface area contributed by atoms with E-state index in [0.29, 0.717) is 17.5 Å². The zero-order valence-corrected chi connectivity index (χ0v) is 13.3. The zero-order valence-electron chi connectivity index (χ0n) is 12.5. The maximum atomic E-state index is 6.07. The smallest absolute Gasteiger partial charge is 0.0947 e. The Labute approximate surface area is 134 Å². The van der Waals surface area contributed by atoms with Crippen LogP contribution in [0.25, 0.3) is 0 Å². The van der Waals surface area contributed by atoms with Gasteiger partial charge in [0.05, 0.1) is 25.2 Å². The van der Waals surface area contributed by atoms with E-state index in [1.165, 1.54) is 12.0 Å². The zero-order chi connectivity index (χ0) is 14.8. The van der Waals surface area contributed by atoms with Crippen LogP contribution in [-0.2, 0) is 17.9 Å². The van der Waals surface area contributed by atoms with Crippen LogP contribution in [0.3, 0.4) is 0 Å². The maximum Gasteiger partial charge on any atom is 0.0947 e. The van der Waals surface area contributed by atoms with E-state index in [2.05, 4.69) is 27.7 Å². The number of rotatable bonds is 5. The molecule has 4 nitrogen and oxygen atoms in total. The molecule has 1 spiro atoms. The van der Waals surface area contributed by atoms with Crippen LogP contribution in [0, 0.1) is 0 Å². The second-order valence-electron chi connectivity index (χ2n) is 6.27. The van der Waals surface area contributed by atoms with E-state index in [4.69, 9.17) is 9.15 Å². The van der Waals surface area contributed by atoms with Gasteiger partial charge in [0.2, 0.25) is 0 Å². The molecular weight excluding hydrogens is 296 g/mol. The van der Waals surface area contributed by atoms with Gasteiger partial charge in [0.25, 0.3) is 0 Å². The van der Waals surface area contributed by atoms with Crippen molar-refractivity contribution < 1.29 is 9.15 Å². The van der Waals surface area contributed by atoms with Gasteiger partial charge in [-0.2, -0.15) is 0 Å². The molecule has 1 atom stereocenters. The molecule has 2 aliphatic rings. The summed E-state index contributed by atoms with van der Waals surface area (Å²) in [6, 6.07) is 6.08. The summed E-state index contributed by atoms with van der Waals surface area (Å²) >= 11 is 2.09. The Morgan fingerprint density at radius 3 is 3.09 bits per heavy atom. The van der Waals surface area contributed by atoms with Crippen LogP contribution in [0.1, 0.15) is 17.5 Å². The Morgan fingerprint density at radius 1 is 1.36 bits per heavy atom. The summed E-state index contributed by atoms with van der Waals surface area (Å²) in [6.07, 6.45) is 8.81. The van der Waals surface area contributed by atoms with E-state index in [9.17, 15) is 0 Å². The Kier molecular flexibility index (Phi) is 3.94. The molecule has 0 aliphatic carbocycles. The molecule has 0 saturated carbocycles. The largest absolute Gasteiger partial charge is 0.472 e. The SMILES string of the molecule is c1cncc(COC2CSC3(C2)CN(Cc2ccoc2)C3)c1. The normalized spacial score (nSPS) is 23.7. The lowest BCUT2D eigenvalue weighted by Crippen LogP contribution is -2.58. The van der Waals surface area contributed by atoms with Gasteiger partial charge in [0, 0.05) is 48.1 Å². The van der Waals surface area contributed by atoms with Gasteiger partial charge in [0.15, 0.2) is 0 Å². The molecule has 0 amide bonds. The molecule has 116 valence electrons. The summed E-state index contributed by atoms with van der Waals surface area (Å²) in [6.45, 7) is 4.00. The van der Waals surface area contributed by atoms with E-state index in [-0.39, 0.29) is 0 Å². The first kappa shape index (κ1) is 14.3. The molecule has 1 unspecified atom stereocenters. The van der Waals surface area contributed by atoms with Crippen LogP contribution < -0.4 is 0 Å². The van der Waals surface area contributed by atoms with Crippen LogP contribution in [-0.4, -0.2) is 39.6 Å². The van der Waals surface area contributed by atoms with Crippen LogP contribution in [0.4, 0.5) is 0 Å². The van der Waals surface area contributed by atoms with Gasteiger partial charge in [-0.25, -0.2) is 0 Å². The van der Waals surface area contributed by atoms with Gasteiger partial charge in [-0.3, -0.25) is 9.88 Å². The second kappa shape index (κ2) is 6.07. The molecule has 0 N–H and O–H groups in total. The minimum Gasteiger partial charge on any atom is -0.472 e. The number of thioether (sulfide) groups is 1. The van der Waals surface area contributed by atoms with E-state index in [1.807, 2.05) is 24.6 Å². The lowest BCUT2D eigenvalue weighted by atomic mass is 9.92. The average Bonchev–Trinajstić information content (AvgIpc) is 3.16. The molecule has 2 fully saturated rings. The maximum absolute atomic E-state index is 6.07. The summed E-state index contributed by atoms with van der Waals surface area (Å²) in [5.41, 5.74) is 2.42. The van der Waals surface area contributed by atoms with Crippen LogP contribution in [0.5, 0.6) is 0 Å². The first-order valence-electron chi connectivity index (χ1n) is 7.69. The fraction of sp³-hybridized carbons (Fsp3) is 0.471. The van der Waals surface area contributed by atoms with Crippen molar-refractivity contribution >= 4 is 11.8 Å². The number of aromatic nitrogens is 1. The van der Waals surface area contributed by atoms with E-state index < -0.39 is 0 Å². The van der Waals surface area contributed by atoms with Crippen LogP contribution >= 0.6 is 11.8 Å². The first-order chi connectivity index (χ1) is 10.8. The summed E-state index contributed by atoms with van der Waals surface area (Å²) in [5, 5.41) is 0. The third-order valence-corrected chi connectivity index (χ3v) is 5.97. The van der Waals surface area contributed by atoms with Gasteiger partial charge >= 0.3 is 0 Å². The number of ether oxygens (including phenoxy) is 1. The summed E-state index contributed by atoms with van der Waals surface area (Å²) in [5.74, 6) is 1.11. The van der Waals surface area contributed by atoms with Gasteiger partial charge in [-0.1, -0.05) is 6.07 Å². The number of pyridine rings is 1. The van der Waals surface area contributed by atoms with Crippen LogP contribution in [0.15, 0.2) is 47.5 Å². The van der Waals surface area contributed by atoms with Crippen molar-refractivity contribution in [3.63, 3.8) is 0 Å². The van der Waals surface area contributed by atoms with Crippen molar-refractivity contribution in [2.75, 3.05) is 18.8 Å². The molecular formula is C17H20N2O2S. The minimum absolute atomic E-state index is 0.376. The molecule has 5 heteroatoms. The lowest BCUT2D eigenvalue weighted by molar-refractivity contribution is 0.0263. The number of furan rings is 1. The molecule has 2 aromatic heterocycles. The Bertz CT molecular complexity index is 596. The van der Waals surface area contributed by atoms with Gasteiger partial charge in [-0.05, 0) is 24.1 Å². The Morgan fingerprint density at radius 2 is 2.32 bits per heavy atom. The highest BCUT2D eigenvalue weighted by Gasteiger charge is 2.49.